The van der Waals surface area contributed by atoms with Gasteiger partial charge in [0, 0.05) is 48.7 Å². The number of ether oxygens (including phenoxy) is 1. The predicted molar refractivity (Wildman–Crippen MR) is 138 cm³/mol. The second kappa shape index (κ2) is 10.4. The Balaban J connectivity index is 1.14. The lowest BCUT2D eigenvalue weighted by Gasteiger charge is -2.36. The number of amides is 2. The SMILES string of the molecule is CC1CN(c2ccc(NC(=O)CN(Cc3ccc(C(=O)NC4CC4)cc3)C3CC3)cc2)CC(C)O1. The second-order valence-electron chi connectivity index (χ2n) is 10.3. The van der Waals surface area contributed by atoms with Gasteiger partial charge in [-0.1, -0.05) is 12.1 Å². The maximum Gasteiger partial charge on any atom is 0.251 e. The van der Waals surface area contributed by atoms with Crippen LogP contribution in [0.2, 0.25) is 0 Å². The second-order valence-corrected chi connectivity index (χ2v) is 10.3. The fraction of sp³-hybridized carbons (Fsp3) is 0.500. The van der Waals surface area contributed by atoms with Crippen LogP contribution in [0.5, 0.6) is 0 Å². The van der Waals surface area contributed by atoms with E-state index in [0.717, 1.165) is 55.7 Å². The normalized spacial score (nSPS) is 22.2. The number of carbonyl (C=O) groups is 2. The average Bonchev–Trinajstić information content (AvgIpc) is 3.74. The minimum absolute atomic E-state index is 0.00105. The Labute approximate surface area is 207 Å². The van der Waals surface area contributed by atoms with Gasteiger partial charge >= 0.3 is 0 Å². The summed E-state index contributed by atoms with van der Waals surface area (Å²) in [5.74, 6) is -0.000151. The third kappa shape index (κ3) is 6.61. The van der Waals surface area contributed by atoms with Crippen molar-refractivity contribution in [3.8, 4) is 0 Å². The quantitative estimate of drug-likeness (QED) is 0.576. The van der Waals surface area contributed by atoms with Gasteiger partial charge in [-0.25, -0.2) is 0 Å². The van der Waals surface area contributed by atoms with Crippen molar-refractivity contribution in [1.29, 1.82) is 0 Å². The van der Waals surface area contributed by atoms with E-state index in [2.05, 4.69) is 46.4 Å². The zero-order chi connectivity index (χ0) is 24.4. The van der Waals surface area contributed by atoms with E-state index in [9.17, 15) is 9.59 Å². The molecule has 0 spiro atoms. The van der Waals surface area contributed by atoms with Crippen LogP contribution in [0.25, 0.3) is 0 Å². The van der Waals surface area contributed by atoms with Crippen LogP contribution < -0.4 is 15.5 Å². The molecule has 5 rings (SSSR count). The molecule has 35 heavy (non-hydrogen) atoms. The molecule has 3 fully saturated rings. The zero-order valence-electron chi connectivity index (χ0n) is 20.7. The van der Waals surface area contributed by atoms with Gasteiger partial charge in [0.15, 0.2) is 0 Å². The molecule has 0 bridgehead atoms. The predicted octanol–water partition coefficient (Wildman–Crippen LogP) is 3.80. The molecule has 3 aliphatic rings. The molecule has 1 aliphatic heterocycles. The Morgan fingerprint density at radius 1 is 0.943 bits per heavy atom. The summed E-state index contributed by atoms with van der Waals surface area (Å²) in [6.07, 6.45) is 4.84. The molecule has 2 amide bonds. The number of carbonyl (C=O) groups excluding carboxylic acids is 2. The van der Waals surface area contributed by atoms with Gasteiger partial charge in [0.05, 0.1) is 18.8 Å². The lowest BCUT2D eigenvalue weighted by Crippen LogP contribution is -2.45. The van der Waals surface area contributed by atoms with Crippen LogP contribution in [0, 0.1) is 0 Å². The smallest absolute Gasteiger partial charge is 0.251 e. The summed E-state index contributed by atoms with van der Waals surface area (Å²) >= 11 is 0. The number of nitrogens with one attached hydrogen (secondary N) is 2. The van der Waals surface area contributed by atoms with Crippen LogP contribution in [0.15, 0.2) is 48.5 Å². The van der Waals surface area contributed by atoms with Crippen LogP contribution in [0.3, 0.4) is 0 Å². The maximum absolute atomic E-state index is 12.8. The standard InChI is InChI=1S/C28H36N4O3/c1-19-15-31(16-20(2)35-19)25-11-9-23(10-12-25)29-27(33)18-32(26-13-14-26)17-21-3-5-22(6-4-21)28(34)30-24-7-8-24/h3-6,9-12,19-20,24,26H,7-8,13-18H2,1-2H3,(H,29,33)(H,30,34). The van der Waals surface area contributed by atoms with Crippen LogP contribution in [-0.4, -0.2) is 60.6 Å². The summed E-state index contributed by atoms with van der Waals surface area (Å²) in [7, 11) is 0. The first-order valence-corrected chi connectivity index (χ1v) is 12.9. The summed E-state index contributed by atoms with van der Waals surface area (Å²) in [4.78, 5) is 29.6. The van der Waals surface area contributed by atoms with Crippen LogP contribution in [-0.2, 0) is 16.1 Å². The maximum atomic E-state index is 12.8. The van der Waals surface area contributed by atoms with Crippen molar-refractivity contribution in [3.63, 3.8) is 0 Å². The van der Waals surface area contributed by atoms with Crippen molar-refractivity contribution < 1.29 is 14.3 Å². The molecule has 2 N–H and O–H groups in total. The number of rotatable bonds is 9. The Morgan fingerprint density at radius 2 is 1.60 bits per heavy atom. The van der Waals surface area contributed by atoms with E-state index in [1.165, 1.54) is 0 Å². The topological polar surface area (TPSA) is 73.9 Å². The van der Waals surface area contributed by atoms with Gasteiger partial charge in [0.25, 0.3) is 5.91 Å². The van der Waals surface area contributed by atoms with Crippen molar-refractivity contribution in [2.24, 2.45) is 0 Å². The molecule has 2 aromatic carbocycles. The van der Waals surface area contributed by atoms with Gasteiger partial charge in [-0.3, -0.25) is 14.5 Å². The highest BCUT2D eigenvalue weighted by Gasteiger charge is 2.30. The van der Waals surface area contributed by atoms with Crippen molar-refractivity contribution >= 4 is 23.2 Å². The van der Waals surface area contributed by atoms with Crippen molar-refractivity contribution in [3.05, 3.63) is 59.7 Å². The fourth-order valence-corrected chi connectivity index (χ4v) is 4.78. The molecule has 186 valence electrons. The number of hydrogen-bond donors (Lipinski definition) is 2. The van der Waals surface area contributed by atoms with E-state index in [1.807, 2.05) is 36.4 Å². The average molecular weight is 477 g/mol. The van der Waals surface area contributed by atoms with Gasteiger partial charge in [0.2, 0.25) is 5.91 Å². The molecule has 2 saturated carbocycles. The first-order valence-electron chi connectivity index (χ1n) is 12.9. The molecule has 0 radical (unpaired) electrons. The molecule has 2 unspecified atom stereocenters. The van der Waals surface area contributed by atoms with Gasteiger partial charge in [-0.2, -0.15) is 0 Å². The number of hydrogen-bond acceptors (Lipinski definition) is 5. The van der Waals surface area contributed by atoms with Gasteiger partial charge in [0.1, 0.15) is 0 Å². The van der Waals surface area contributed by atoms with Crippen molar-refractivity contribution in [2.75, 3.05) is 29.9 Å². The number of anilines is 2. The van der Waals surface area contributed by atoms with E-state index in [4.69, 9.17) is 4.74 Å². The highest BCUT2D eigenvalue weighted by Crippen LogP contribution is 2.29. The lowest BCUT2D eigenvalue weighted by atomic mass is 10.1. The van der Waals surface area contributed by atoms with Crippen LogP contribution >= 0.6 is 0 Å². The summed E-state index contributed by atoms with van der Waals surface area (Å²) in [5, 5.41) is 6.08. The Bertz CT molecular complexity index is 1020. The summed E-state index contributed by atoms with van der Waals surface area (Å²) in [6, 6.07) is 16.7. The monoisotopic (exact) mass is 476 g/mol. The van der Waals surface area contributed by atoms with E-state index in [0.29, 0.717) is 30.7 Å². The molecule has 7 nitrogen and oxygen atoms in total. The first kappa shape index (κ1) is 23.8. The molecule has 2 atom stereocenters. The van der Waals surface area contributed by atoms with Gasteiger partial charge in [-0.15, -0.1) is 0 Å². The Hall–Kier alpha value is -2.90. The highest BCUT2D eigenvalue weighted by molar-refractivity contribution is 5.94. The minimum Gasteiger partial charge on any atom is -0.372 e. The van der Waals surface area contributed by atoms with Crippen molar-refractivity contribution in [1.82, 2.24) is 10.2 Å². The number of nitrogens with zero attached hydrogens (tertiary/aromatic N) is 2. The molecule has 1 heterocycles. The first-order chi connectivity index (χ1) is 16.9. The highest BCUT2D eigenvalue weighted by atomic mass is 16.5. The summed E-state index contributed by atoms with van der Waals surface area (Å²) < 4.78 is 5.83. The Kier molecular flexibility index (Phi) is 7.07. The molecule has 7 heteroatoms. The minimum atomic E-state index is -0.00121. The molecule has 1 saturated heterocycles. The fourth-order valence-electron chi connectivity index (χ4n) is 4.78. The van der Waals surface area contributed by atoms with Crippen LogP contribution in [0.4, 0.5) is 11.4 Å². The van der Waals surface area contributed by atoms with E-state index >= 15 is 0 Å². The molecule has 2 aliphatic carbocycles. The van der Waals surface area contributed by atoms with E-state index in [1.54, 1.807) is 0 Å². The molecular formula is C28H36N4O3. The Morgan fingerprint density at radius 3 is 2.20 bits per heavy atom. The van der Waals surface area contributed by atoms with E-state index in [-0.39, 0.29) is 24.0 Å². The molecule has 0 aromatic heterocycles. The van der Waals surface area contributed by atoms with Crippen molar-refractivity contribution in [2.45, 2.75) is 70.4 Å². The number of benzene rings is 2. The lowest BCUT2D eigenvalue weighted by molar-refractivity contribution is -0.117. The largest absolute Gasteiger partial charge is 0.372 e. The molecule has 2 aromatic rings. The zero-order valence-corrected chi connectivity index (χ0v) is 20.7. The van der Waals surface area contributed by atoms with Gasteiger partial charge in [-0.05, 0) is 81.5 Å². The van der Waals surface area contributed by atoms with E-state index < -0.39 is 0 Å². The third-order valence-electron chi connectivity index (χ3n) is 6.86. The summed E-state index contributed by atoms with van der Waals surface area (Å²) in [5.41, 5.74) is 3.78. The summed E-state index contributed by atoms with van der Waals surface area (Å²) in [6.45, 7) is 7.01. The third-order valence-corrected chi connectivity index (χ3v) is 6.86. The molecular weight excluding hydrogens is 440 g/mol. The number of morpholine rings is 1. The van der Waals surface area contributed by atoms with Gasteiger partial charge < -0.3 is 20.3 Å². The van der Waals surface area contributed by atoms with Crippen LogP contribution in [0.1, 0.15) is 55.5 Å².